The van der Waals surface area contributed by atoms with E-state index in [1.165, 1.54) is 25.7 Å². The van der Waals surface area contributed by atoms with Crippen molar-refractivity contribution < 1.29 is 0 Å². The Labute approximate surface area is 81.5 Å². The summed E-state index contributed by atoms with van der Waals surface area (Å²) in [6, 6.07) is 0. The highest BCUT2D eigenvalue weighted by atomic mass is 32.2. The van der Waals surface area contributed by atoms with Crippen molar-refractivity contribution in [3.05, 3.63) is 0 Å². The third-order valence-corrected chi connectivity index (χ3v) is 4.63. The summed E-state index contributed by atoms with van der Waals surface area (Å²) in [7, 11) is 0. The topological polar surface area (TPSA) is 0 Å². The van der Waals surface area contributed by atoms with Gasteiger partial charge in [-0.3, -0.25) is 0 Å². The minimum atomic E-state index is 0.610. The Kier molecular flexibility index (Phi) is 3.51. The van der Waals surface area contributed by atoms with Crippen LogP contribution in [0.25, 0.3) is 0 Å². The fourth-order valence-electron chi connectivity index (χ4n) is 2.10. The summed E-state index contributed by atoms with van der Waals surface area (Å²) in [6.07, 6.45) is 7.96. The Bertz CT molecular complexity index is 140. The summed E-state index contributed by atoms with van der Waals surface area (Å²) in [5, 5.41) is 0.923. The van der Waals surface area contributed by atoms with Crippen molar-refractivity contribution in [2.45, 2.75) is 51.7 Å². The van der Waals surface area contributed by atoms with Gasteiger partial charge in [-0.25, -0.2) is 0 Å². The van der Waals surface area contributed by atoms with Gasteiger partial charge in [0.15, 0.2) is 0 Å². The van der Waals surface area contributed by atoms with Crippen molar-refractivity contribution in [1.29, 1.82) is 0 Å². The number of hydrogen-bond acceptors (Lipinski definition) is 1. The summed E-state index contributed by atoms with van der Waals surface area (Å²) in [5.41, 5.74) is 0.610. The largest absolute Gasteiger partial charge is 0.162 e. The molecule has 0 saturated heterocycles. The highest BCUT2D eigenvalue weighted by Crippen LogP contribution is 2.39. The van der Waals surface area contributed by atoms with Crippen LogP contribution >= 0.6 is 11.8 Å². The zero-order valence-electron chi connectivity index (χ0n) is 8.89. The highest BCUT2D eigenvalue weighted by molar-refractivity contribution is 7.99. The summed E-state index contributed by atoms with van der Waals surface area (Å²) in [5.74, 6) is 0.932. The molecule has 1 saturated carbocycles. The molecular formula is C11H22S. The Hall–Kier alpha value is 0.350. The first kappa shape index (κ1) is 10.4. The molecular weight excluding hydrogens is 164 g/mol. The number of hydrogen-bond donors (Lipinski definition) is 0. The predicted molar refractivity (Wildman–Crippen MR) is 58.7 cm³/mol. The first-order chi connectivity index (χ1) is 5.55. The van der Waals surface area contributed by atoms with Gasteiger partial charge in [0.05, 0.1) is 0 Å². The van der Waals surface area contributed by atoms with E-state index in [4.69, 9.17) is 0 Å². The van der Waals surface area contributed by atoms with Crippen LogP contribution in [0.4, 0.5) is 0 Å². The normalized spacial score (nSPS) is 36.0. The molecule has 0 radical (unpaired) electrons. The lowest BCUT2D eigenvalue weighted by atomic mass is 9.85. The molecule has 0 aromatic carbocycles. The fraction of sp³-hybridized carbons (Fsp3) is 1.00. The van der Waals surface area contributed by atoms with E-state index in [1.54, 1.807) is 0 Å². The van der Waals surface area contributed by atoms with Crippen LogP contribution < -0.4 is 0 Å². The van der Waals surface area contributed by atoms with E-state index in [1.807, 2.05) is 0 Å². The van der Waals surface area contributed by atoms with Crippen LogP contribution in [0, 0.1) is 11.3 Å². The summed E-state index contributed by atoms with van der Waals surface area (Å²) >= 11 is 2.07. The van der Waals surface area contributed by atoms with Crippen molar-refractivity contribution in [3.63, 3.8) is 0 Å². The van der Waals surface area contributed by atoms with Crippen molar-refractivity contribution in [1.82, 2.24) is 0 Å². The van der Waals surface area contributed by atoms with Gasteiger partial charge in [-0.05, 0) is 43.3 Å². The van der Waals surface area contributed by atoms with Gasteiger partial charge in [0.25, 0.3) is 0 Å². The van der Waals surface area contributed by atoms with Gasteiger partial charge in [-0.15, -0.1) is 0 Å². The molecule has 0 aromatic rings. The summed E-state index contributed by atoms with van der Waals surface area (Å²) < 4.78 is 0. The van der Waals surface area contributed by atoms with Crippen LogP contribution in [0.5, 0.6) is 0 Å². The molecule has 2 unspecified atom stereocenters. The first-order valence-corrected chi connectivity index (χ1v) is 6.37. The average Bonchev–Trinajstić information content (AvgIpc) is 2.13. The van der Waals surface area contributed by atoms with Crippen LogP contribution in [-0.2, 0) is 0 Å². The lowest BCUT2D eigenvalue weighted by Gasteiger charge is -2.21. The second kappa shape index (κ2) is 4.04. The second-order valence-electron chi connectivity index (χ2n) is 4.99. The van der Waals surface area contributed by atoms with E-state index in [-0.39, 0.29) is 0 Å². The molecule has 0 aromatic heterocycles. The molecule has 1 aliphatic rings. The maximum absolute atomic E-state index is 2.42. The minimum absolute atomic E-state index is 0.610. The van der Waals surface area contributed by atoms with Gasteiger partial charge in [-0.2, -0.15) is 11.8 Å². The fourth-order valence-corrected chi connectivity index (χ4v) is 3.05. The molecule has 1 rings (SSSR count). The molecule has 2 atom stereocenters. The maximum Gasteiger partial charge on any atom is 0.00701 e. The SMILES string of the molecule is CSC1CCC(C)(C)CCC1C. The van der Waals surface area contributed by atoms with E-state index in [0.29, 0.717) is 5.41 Å². The smallest absolute Gasteiger partial charge is 0.00701 e. The van der Waals surface area contributed by atoms with Gasteiger partial charge in [0.2, 0.25) is 0 Å². The van der Waals surface area contributed by atoms with E-state index >= 15 is 0 Å². The van der Waals surface area contributed by atoms with Crippen molar-refractivity contribution in [2.75, 3.05) is 6.26 Å². The van der Waals surface area contributed by atoms with E-state index < -0.39 is 0 Å². The third kappa shape index (κ3) is 2.69. The van der Waals surface area contributed by atoms with Crippen molar-refractivity contribution in [3.8, 4) is 0 Å². The third-order valence-electron chi connectivity index (χ3n) is 3.32. The van der Waals surface area contributed by atoms with Gasteiger partial charge >= 0.3 is 0 Å². The Morgan fingerprint density at radius 3 is 2.33 bits per heavy atom. The molecule has 0 amide bonds. The Morgan fingerprint density at radius 2 is 1.75 bits per heavy atom. The van der Waals surface area contributed by atoms with E-state index in [0.717, 1.165) is 11.2 Å². The molecule has 0 nitrogen and oxygen atoms in total. The van der Waals surface area contributed by atoms with Crippen LogP contribution in [0.15, 0.2) is 0 Å². The van der Waals surface area contributed by atoms with Crippen molar-refractivity contribution >= 4 is 11.8 Å². The number of thioether (sulfide) groups is 1. The zero-order valence-corrected chi connectivity index (χ0v) is 9.71. The molecule has 0 N–H and O–H groups in total. The zero-order chi connectivity index (χ0) is 9.19. The quantitative estimate of drug-likeness (QED) is 0.559. The van der Waals surface area contributed by atoms with Gasteiger partial charge in [0.1, 0.15) is 0 Å². The van der Waals surface area contributed by atoms with Crippen molar-refractivity contribution in [2.24, 2.45) is 11.3 Å². The maximum atomic E-state index is 2.42. The van der Waals surface area contributed by atoms with Crippen LogP contribution in [0.3, 0.4) is 0 Å². The molecule has 0 bridgehead atoms. The highest BCUT2D eigenvalue weighted by Gasteiger charge is 2.27. The van der Waals surface area contributed by atoms with E-state index in [9.17, 15) is 0 Å². The molecule has 0 spiro atoms. The van der Waals surface area contributed by atoms with Gasteiger partial charge in [-0.1, -0.05) is 20.8 Å². The molecule has 1 heteroatoms. The average molecular weight is 186 g/mol. The molecule has 0 heterocycles. The van der Waals surface area contributed by atoms with Crippen LogP contribution in [0.1, 0.15) is 46.5 Å². The second-order valence-corrected chi connectivity index (χ2v) is 6.07. The summed E-state index contributed by atoms with van der Waals surface area (Å²) in [4.78, 5) is 0. The molecule has 72 valence electrons. The molecule has 12 heavy (non-hydrogen) atoms. The number of rotatable bonds is 1. The Morgan fingerprint density at radius 1 is 1.17 bits per heavy atom. The van der Waals surface area contributed by atoms with Gasteiger partial charge in [0, 0.05) is 5.25 Å². The molecule has 0 aliphatic heterocycles. The predicted octanol–water partition coefficient (Wildman–Crippen LogP) is 3.95. The van der Waals surface area contributed by atoms with Crippen LogP contribution in [0.2, 0.25) is 0 Å². The lowest BCUT2D eigenvalue weighted by molar-refractivity contribution is 0.310. The minimum Gasteiger partial charge on any atom is -0.162 e. The standard InChI is InChI=1S/C11H22S/c1-9-5-7-11(2,3)8-6-10(9)12-4/h9-10H,5-8H2,1-4H3. The molecule has 1 aliphatic carbocycles. The first-order valence-electron chi connectivity index (χ1n) is 5.08. The lowest BCUT2D eigenvalue weighted by Crippen LogP contribution is -2.11. The molecule has 1 fully saturated rings. The summed E-state index contributed by atoms with van der Waals surface area (Å²) in [6.45, 7) is 7.26. The van der Waals surface area contributed by atoms with Crippen LogP contribution in [-0.4, -0.2) is 11.5 Å². The monoisotopic (exact) mass is 186 g/mol. The Balaban J connectivity index is 2.53. The van der Waals surface area contributed by atoms with E-state index in [2.05, 4.69) is 38.8 Å². The van der Waals surface area contributed by atoms with Gasteiger partial charge < -0.3 is 0 Å².